The van der Waals surface area contributed by atoms with Crippen molar-refractivity contribution in [3.05, 3.63) is 48.0 Å². The van der Waals surface area contributed by atoms with E-state index in [4.69, 9.17) is 5.26 Å². The summed E-state index contributed by atoms with van der Waals surface area (Å²) in [7, 11) is 1.81. The number of nitrogens with one attached hydrogen (secondary N) is 1. The van der Waals surface area contributed by atoms with Gasteiger partial charge in [-0.3, -0.25) is 0 Å². The van der Waals surface area contributed by atoms with E-state index in [1.165, 1.54) is 16.3 Å². The Bertz CT molecular complexity index is 525. The fourth-order valence-electron chi connectivity index (χ4n) is 1.81. The lowest BCUT2D eigenvalue weighted by Crippen LogP contribution is -2.25. The molecule has 0 fully saturated rings. The molecule has 80 valence electrons. The molecule has 2 heteroatoms. The molecule has 0 heterocycles. The lowest BCUT2D eigenvalue weighted by atomic mass is 10.0. The van der Waals surface area contributed by atoms with E-state index in [1.807, 2.05) is 19.2 Å². The summed E-state index contributed by atoms with van der Waals surface area (Å²) in [5, 5.41) is 14.3. The predicted octanol–water partition coefficient (Wildman–Crippen LogP) is 2.49. The second-order valence-electron chi connectivity index (χ2n) is 3.86. The van der Waals surface area contributed by atoms with Gasteiger partial charge in [-0.15, -0.1) is 0 Å². The van der Waals surface area contributed by atoms with Gasteiger partial charge in [0.1, 0.15) is 0 Å². The first-order valence-electron chi connectivity index (χ1n) is 5.38. The molecule has 1 unspecified atom stereocenters. The molecule has 0 radical (unpaired) electrons. The first-order valence-corrected chi connectivity index (χ1v) is 5.38. The van der Waals surface area contributed by atoms with Gasteiger partial charge >= 0.3 is 0 Å². The zero-order valence-electron chi connectivity index (χ0n) is 9.27. The topological polar surface area (TPSA) is 35.8 Å². The molecule has 0 aliphatic heterocycles. The van der Waals surface area contributed by atoms with Gasteiger partial charge in [-0.25, -0.2) is 0 Å². The molecule has 0 saturated carbocycles. The van der Waals surface area contributed by atoms with Crippen LogP contribution in [0.5, 0.6) is 0 Å². The molecule has 0 amide bonds. The molecule has 0 aliphatic carbocycles. The highest BCUT2D eigenvalue weighted by Crippen LogP contribution is 2.16. The van der Waals surface area contributed by atoms with Crippen molar-refractivity contribution < 1.29 is 0 Å². The van der Waals surface area contributed by atoms with Gasteiger partial charge in [-0.2, -0.15) is 5.26 Å². The van der Waals surface area contributed by atoms with Gasteiger partial charge in [0, 0.05) is 6.42 Å². The van der Waals surface area contributed by atoms with Gasteiger partial charge in [-0.1, -0.05) is 42.5 Å². The van der Waals surface area contributed by atoms with Gasteiger partial charge in [0.15, 0.2) is 0 Å². The second kappa shape index (κ2) is 4.78. The summed E-state index contributed by atoms with van der Waals surface area (Å²) in [5.74, 6) is 0. The zero-order valence-corrected chi connectivity index (χ0v) is 9.27. The standard InChI is InChI=1S/C14H14N2/c1-16-14(10-15)9-11-6-7-12-4-2-3-5-13(12)8-11/h2-8,14,16H,9H2,1H3. The van der Waals surface area contributed by atoms with E-state index in [0.717, 1.165) is 6.42 Å². The minimum atomic E-state index is -0.110. The van der Waals surface area contributed by atoms with Crippen LogP contribution in [0.25, 0.3) is 10.8 Å². The third-order valence-electron chi connectivity index (χ3n) is 2.76. The van der Waals surface area contributed by atoms with Crippen molar-refractivity contribution in [1.82, 2.24) is 5.32 Å². The van der Waals surface area contributed by atoms with Gasteiger partial charge in [-0.05, 0) is 23.4 Å². The predicted molar refractivity (Wildman–Crippen MR) is 66.1 cm³/mol. The third kappa shape index (κ3) is 2.21. The number of hydrogen-bond donors (Lipinski definition) is 1. The fourth-order valence-corrected chi connectivity index (χ4v) is 1.81. The normalized spacial score (nSPS) is 12.2. The van der Waals surface area contributed by atoms with Gasteiger partial charge in [0.25, 0.3) is 0 Å². The number of nitriles is 1. The molecule has 2 nitrogen and oxygen atoms in total. The van der Waals surface area contributed by atoms with Crippen LogP contribution in [-0.4, -0.2) is 13.1 Å². The Balaban J connectivity index is 2.30. The number of likely N-dealkylation sites (N-methyl/N-ethyl adjacent to an activating group) is 1. The van der Waals surface area contributed by atoms with Gasteiger partial charge < -0.3 is 5.32 Å². The second-order valence-corrected chi connectivity index (χ2v) is 3.86. The number of benzene rings is 2. The van der Waals surface area contributed by atoms with Crippen LogP contribution < -0.4 is 5.32 Å². The Labute approximate surface area is 95.5 Å². The van der Waals surface area contributed by atoms with Crippen LogP contribution in [0.4, 0.5) is 0 Å². The molecule has 1 N–H and O–H groups in total. The van der Waals surface area contributed by atoms with Crippen LogP contribution in [-0.2, 0) is 6.42 Å². The Morgan fingerprint density at radius 1 is 1.19 bits per heavy atom. The van der Waals surface area contributed by atoms with Crippen molar-refractivity contribution in [1.29, 1.82) is 5.26 Å². The zero-order chi connectivity index (χ0) is 11.4. The van der Waals surface area contributed by atoms with Crippen LogP contribution in [0.1, 0.15) is 5.56 Å². The monoisotopic (exact) mass is 210 g/mol. The summed E-state index contributed by atoms with van der Waals surface area (Å²) in [5.41, 5.74) is 1.19. The highest BCUT2D eigenvalue weighted by molar-refractivity contribution is 5.83. The van der Waals surface area contributed by atoms with E-state index in [9.17, 15) is 0 Å². The summed E-state index contributed by atoms with van der Waals surface area (Å²) in [6.45, 7) is 0. The maximum atomic E-state index is 8.89. The minimum Gasteiger partial charge on any atom is -0.305 e. The highest BCUT2D eigenvalue weighted by Gasteiger charge is 2.05. The lowest BCUT2D eigenvalue weighted by Gasteiger charge is -2.08. The smallest absolute Gasteiger partial charge is 0.0991 e. The first kappa shape index (κ1) is 10.7. The van der Waals surface area contributed by atoms with Crippen molar-refractivity contribution in [2.24, 2.45) is 0 Å². The first-order chi connectivity index (χ1) is 7.83. The summed E-state index contributed by atoms with van der Waals surface area (Å²) in [6, 6.07) is 16.7. The van der Waals surface area contributed by atoms with Crippen molar-refractivity contribution >= 4 is 10.8 Å². The van der Waals surface area contributed by atoms with E-state index in [0.29, 0.717) is 0 Å². The van der Waals surface area contributed by atoms with E-state index < -0.39 is 0 Å². The molecule has 0 bridgehead atoms. The van der Waals surface area contributed by atoms with E-state index in [2.05, 4.69) is 41.7 Å². The molecule has 2 aromatic rings. The quantitative estimate of drug-likeness (QED) is 0.844. The van der Waals surface area contributed by atoms with E-state index in [-0.39, 0.29) is 6.04 Å². The van der Waals surface area contributed by atoms with Crippen LogP contribution in [0.2, 0.25) is 0 Å². The molecular weight excluding hydrogens is 196 g/mol. The number of hydrogen-bond acceptors (Lipinski definition) is 2. The van der Waals surface area contributed by atoms with Crippen molar-refractivity contribution in [2.45, 2.75) is 12.5 Å². The average molecular weight is 210 g/mol. The largest absolute Gasteiger partial charge is 0.305 e. The summed E-state index contributed by atoms with van der Waals surface area (Å²) >= 11 is 0. The van der Waals surface area contributed by atoms with E-state index in [1.54, 1.807) is 0 Å². The molecule has 1 atom stereocenters. The van der Waals surface area contributed by atoms with Crippen molar-refractivity contribution in [2.75, 3.05) is 7.05 Å². The summed E-state index contributed by atoms with van der Waals surface area (Å²) in [6.07, 6.45) is 0.748. The summed E-state index contributed by atoms with van der Waals surface area (Å²) in [4.78, 5) is 0. The average Bonchev–Trinajstić information content (AvgIpc) is 2.35. The summed E-state index contributed by atoms with van der Waals surface area (Å²) < 4.78 is 0. The molecular formula is C14H14N2. The van der Waals surface area contributed by atoms with Crippen LogP contribution in [0.15, 0.2) is 42.5 Å². The van der Waals surface area contributed by atoms with Crippen LogP contribution >= 0.6 is 0 Å². The molecule has 0 aliphatic rings. The number of rotatable bonds is 3. The number of fused-ring (bicyclic) bond motifs is 1. The SMILES string of the molecule is CNC(C#N)Cc1ccc2ccccc2c1. The Hall–Kier alpha value is -1.85. The molecule has 0 spiro atoms. The maximum Gasteiger partial charge on any atom is 0.0991 e. The third-order valence-corrected chi connectivity index (χ3v) is 2.76. The molecule has 0 saturated heterocycles. The Morgan fingerprint density at radius 2 is 1.94 bits per heavy atom. The van der Waals surface area contributed by atoms with Crippen LogP contribution in [0.3, 0.4) is 0 Å². The Morgan fingerprint density at radius 3 is 2.62 bits per heavy atom. The molecule has 2 aromatic carbocycles. The van der Waals surface area contributed by atoms with Crippen LogP contribution in [0, 0.1) is 11.3 Å². The maximum absolute atomic E-state index is 8.89. The van der Waals surface area contributed by atoms with E-state index >= 15 is 0 Å². The highest BCUT2D eigenvalue weighted by atomic mass is 14.9. The van der Waals surface area contributed by atoms with Gasteiger partial charge in [0.05, 0.1) is 12.1 Å². The number of nitrogens with zero attached hydrogens (tertiary/aromatic N) is 1. The minimum absolute atomic E-state index is 0.110. The Kier molecular flexibility index (Phi) is 3.19. The fraction of sp³-hybridized carbons (Fsp3) is 0.214. The lowest BCUT2D eigenvalue weighted by molar-refractivity contribution is 0.676. The van der Waals surface area contributed by atoms with Crippen molar-refractivity contribution in [3.63, 3.8) is 0 Å². The molecule has 0 aromatic heterocycles. The van der Waals surface area contributed by atoms with Crippen molar-refractivity contribution in [3.8, 4) is 6.07 Å². The van der Waals surface area contributed by atoms with Gasteiger partial charge in [0.2, 0.25) is 0 Å². The molecule has 16 heavy (non-hydrogen) atoms. The molecule has 2 rings (SSSR count).